The van der Waals surface area contributed by atoms with Gasteiger partial charge in [-0.25, -0.2) is 0 Å². The van der Waals surface area contributed by atoms with Gasteiger partial charge in [0.25, 0.3) is 0 Å². The van der Waals surface area contributed by atoms with Gasteiger partial charge in [0.05, 0.1) is 0 Å². The lowest BCUT2D eigenvalue weighted by molar-refractivity contribution is 0.669. The Bertz CT molecular complexity index is 2810. The van der Waals surface area contributed by atoms with Crippen molar-refractivity contribution in [2.75, 3.05) is 4.90 Å². The zero-order chi connectivity index (χ0) is 30.9. The highest BCUT2D eigenvalue weighted by atomic mass is 32.1. The fourth-order valence-corrected chi connectivity index (χ4v) is 8.29. The van der Waals surface area contributed by atoms with Crippen LogP contribution in [0.4, 0.5) is 17.1 Å². The summed E-state index contributed by atoms with van der Waals surface area (Å²) in [5.74, 6) is 0. The molecule has 0 fully saturated rings. The van der Waals surface area contributed by atoms with Gasteiger partial charge < -0.3 is 9.32 Å². The van der Waals surface area contributed by atoms with E-state index in [2.05, 4.69) is 157 Å². The van der Waals surface area contributed by atoms with Gasteiger partial charge in [0, 0.05) is 48.0 Å². The molecule has 0 unspecified atom stereocenters. The Balaban J connectivity index is 1.22. The SMILES string of the molecule is c1ccc(-c2cccc(N(c3ccc4ccc5cc6sc7ccccc7c6cc5c4c3)c3ccc4oc5ccccc5c4c3)c2)cc1. The minimum atomic E-state index is 0.893. The van der Waals surface area contributed by atoms with Crippen molar-refractivity contribution in [2.45, 2.75) is 0 Å². The maximum Gasteiger partial charge on any atom is 0.135 e. The Morgan fingerprint density at radius 1 is 0.362 bits per heavy atom. The zero-order valence-corrected chi connectivity index (χ0v) is 26.2. The first-order valence-corrected chi connectivity index (χ1v) is 16.7. The smallest absolute Gasteiger partial charge is 0.135 e. The lowest BCUT2D eigenvalue weighted by Crippen LogP contribution is -2.10. The summed E-state index contributed by atoms with van der Waals surface area (Å²) in [5.41, 5.74) is 7.47. The number of hydrogen-bond donors (Lipinski definition) is 0. The van der Waals surface area contributed by atoms with Crippen LogP contribution in [-0.2, 0) is 0 Å². The standard InChI is InChI=1S/C44H27NOS/c1-2-9-28(10-3-1)30-11-8-12-32(23-30)45(34-21-22-42-39(26-34)35-13-4-6-15-41(35)46-42)33-20-19-29-17-18-31-24-44-40(27-38(31)37(29)25-33)36-14-5-7-16-43(36)47-44/h1-27H. The molecule has 0 aliphatic carbocycles. The summed E-state index contributed by atoms with van der Waals surface area (Å²) in [5, 5.41) is 9.89. The van der Waals surface area contributed by atoms with Crippen molar-refractivity contribution in [2.24, 2.45) is 0 Å². The predicted octanol–water partition coefficient (Wildman–Crippen LogP) is 13.4. The van der Waals surface area contributed by atoms with Crippen molar-refractivity contribution in [3.8, 4) is 11.1 Å². The van der Waals surface area contributed by atoms with Crippen LogP contribution in [0.25, 0.3) is 74.8 Å². The quantitative estimate of drug-likeness (QED) is 0.183. The molecule has 0 radical (unpaired) electrons. The molecule has 2 nitrogen and oxygen atoms in total. The maximum absolute atomic E-state index is 6.22. The molecule has 2 heterocycles. The molecule has 0 bridgehead atoms. The molecule has 0 saturated carbocycles. The highest BCUT2D eigenvalue weighted by Crippen LogP contribution is 2.43. The average molecular weight is 618 g/mol. The van der Waals surface area contributed by atoms with E-state index in [1.165, 1.54) is 52.8 Å². The molecular weight excluding hydrogens is 591 g/mol. The van der Waals surface area contributed by atoms with Crippen LogP contribution in [0.2, 0.25) is 0 Å². The summed E-state index contributed by atoms with van der Waals surface area (Å²) < 4.78 is 8.88. The van der Waals surface area contributed by atoms with Gasteiger partial charge in [0.15, 0.2) is 0 Å². The number of fused-ring (bicyclic) bond motifs is 9. The van der Waals surface area contributed by atoms with E-state index in [4.69, 9.17) is 4.42 Å². The molecule has 47 heavy (non-hydrogen) atoms. The number of thiophene rings is 1. The zero-order valence-electron chi connectivity index (χ0n) is 25.4. The monoisotopic (exact) mass is 617 g/mol. The topological polar surface area (TPSA) is 16.4 Å². The van der Waals surface area contributed by atoms with Crippen LogP contribution in [0.15, 0.2) is 168 Å². The Morgan fingerprint density at radius 3 is 1.94 bits per heavy atom. The summed E-state index contributed by atoms with van der Waals surface area (Å²) in [4.78, 5) is 2.38. The molecule has 0 atom stereocenters. The summed E-state index contributed by atoms with van der Waals surface area (Å²) in [6, 6.07) is 59.2. The highest BCUT2D eigenvalue weighted by Gasteiger charge is 2.18. The minimum Gasteiger partial charge on any atom is -0.456 e. The second kappa shape index (κ2) is 10.3. The Morgan fingerprint density at radius 2 is 1.02 bits per heavy atom. The predicted molar refractivity (Wildman–Crippen MR) is 202 cm³/mol. The third-order valence-corrected chi connectivity index (χ3v) is 10.5. The lowest BCUT2D eigenvalue weighted by atomic mass is 9.98. The first kappa shape index (κ1) is 26.3. The molecule has 220 valence electrons. The van der Waals surface area contributed by atoms with E-state index >= 15 is 0 Å². The molecule has 0 aliphatic heterocycles. The van der Waals surface area contributed by atoms with Crippen LogP contribution in [0.3, 0.4) is 0 Å². The van der Waals surface area contributed by atoms with Crippen molar-refractivity contribution in [3.63, 3.8) is 0 Å². The van der Waals surface area contributed by atoms with Crippen LogP contribution in [0, 0.1) is 0 Å². The van der Waals surface area contributed by atoms with Crippen molar-refractivity contribution in [3.05, 3.63) is 164 Å². The first-order valence-electron chi connectivity index (χ1n) is 15.9. The number of furan rings is 1. The van der Waals surface area contributed by atoms with Crippen LogP contribution in [0.5, 0.6) is 0 Å². The maximum atomic E-state index is 6.22. The van der Waals surface area contributed by atoms with Gasteiger partial charge in [0.1, 0.15) is 11.2 Å². The van der Waals surface area contributed by atoms with E-state index in [-0.39, 0.29) is 0 Å². The van der Waals surface area contributed by atoms with Gasteiger partial charge >= 0.3 is 0 Å². The number of anilines is 3. The van der Waals surface area contributed by atoms with E-state index in [1.54, 1.807) is 0 Å². The van der Waals surface area contributed by atoms with Crippen LogP contribution >= 0.6 is 11.3 Å². The van der Waals surface area contributed by atoms with E-state index in [1.807, 2.05) is 23.5 Å². The fraction of sp³-hybridized carbons (Fsp3) is 0. The van der Waals surface area contributed by atoms with E-state index in [9.17, 15) is 0 Å². The Hall–Kier alpha value is -5.90. The van der Waals surface area contributed by atoms with E-state index in [0.29, 0.717) is 0 Å². The number of para-hydroxylation sites is 1. The third kappa shape index (κ3) is 4.25. The summed E-state index contributed by atoms with van der Waals surface area (Å²) in [6.45, 7) is 0. The summed E-state index contributed by atoms with van der Waals surface area (Å²) >= 11 is 1.87. The summed E-state index contributed by atoms with van der Waals surface area (Å²) in [7, 11) is 0. The van der Waals surface area contributed by atoms with Crippen LogP contribution < -0.4 is 4.90 Å². The second-order valence-corrected chi connectivity index (χ2v) is 13.3. The molecule has 0 spiro atoms. The fourth-order valence-electron chi connectivity index (χ4n) is 7.16. The first-order chi connectivity index (χ1) is 23.3. The van der Waals surface area contributed by atoms with Gasteiger partial charge in [-0.05, 0) is 99.4 Å². The largest absolute Gasteiger partial charge is 0.456 e. The molecule has 10 aromatic rings. The molecule has 0 amide bonds. The van der Waals surface area contributed by atoms with Gasteiger partial charge in [0.2, 0.25) is 0 Å². The molecular formula is C44H27NOS. The molecule has 0 N–H and O–H groups in total. The van der Waals surface area contributed by atoms with Gasteiger partial charge in [-0.1, -0.05) is 97.1 Å². The Kier molecular flexibility index (Phi) is 5.78. The number of hydrogen-bond acceptors (Lipinski definition) is 3. The van der Waals surface area contributed by atoms with Crippen molar-refractivity contribution in [1.82, 2.24) is 0 Å². The van der Waals surface area contributed by atoms with Gasteiger partial charge in [-0.2, -0.15) is 0 Å². The Labute approximate surface area is 275 Å². The van der Waals surface area contributed by atoms with Crippen molar-refractivity contribution in [1.29, 1.82) is 0 Å². The molecule has 3 heteroatoms. The molecule has 2 aromatic heterocycles. The number of benzene rings is 8. The van der Waals surface area contributed by atoms with Crippen LogP contribution in [0.1, 0.15) is 0 Å². The number of rotatable bonds is 4. The van der Waals surface area contributed by atoms with Crippen molar-refractivity contribution >= 4 is 92.1 Å². The van der Waals surface area contributed by atoms with E-state index < -0.39 is 0 Å². The molecule has 8 aromatic carbocycles. The minimum absolute atomic E-state index is 0.893. The lowest BCUT2D eigenvalue weighted by Gasteiger charge is -2.26. The molecule has 0 aliphatic rings. The van der Waals surface area contributed by atoms with Gasteiger partial charge in [-0.3, -0.25) is 0 Å². The van der Waals surface area contributed by atoms with Crippen molar-refractivity contribution < 1.29 is 4.42 Å². The normalized spacial score (nSPS) is 11.8. The third-order valence-electron chi connectivity index (χ3n) is 9.41. The van der Waals surface area contributed by atoms with Gasteiger partial charge in [-0.15, -0.1) is 11.3 Å². The highest BCUT2D eigenvalue weighted by molar-refractivity contribution is 7.25. The van der Waals surface area contributed by atoms with E-state index in [0.717, 1.165) is 39.0 Å². The summed E-state index contributed by atoms with van der Waals surface area (Å²) in [6.07, 6.45) is 0. The number of nitrogens with zero attached hydrogens (tertiary/aromatic N) is 1. The second-order valence-electron chi connectivity index (χ2n) is 12.2. The van der Waals surface area contributed by atoms with Crippen LogP contribution in [-0.4, -0.2) is 0 Å². The molecule has 0 saturated heterocycles. The molecule has 10 rings (SSSR count). The average Bonchev–Trinajstić information content (AvgIpc) is 3.69.